The van der Waals surface area contributed by atoms with E-state index in [1.807, 2.05) is 133 Å². The minimum Gasteiger partial charge on any atom is -0.453 e. The lowest BCUT2D eigenvalue weighted by Crippen LogP contribution is -2.59. The van der Waals surface area contributed by atoms with Crippen molar-refractivity contribution < 1.29 is 29.0 Å². The number of amides is 5. The number of nitrogens with zero attached hydrogens (tertiary/aromatic N) is 4. The van der Waals surface area contributed by atoms with Gasteiger partial charge in [0.15, 0.2) is 0 Å². The maximum absolute atomic E-state index is 14.6. The molecule has 1 fully saturated rings. The molecule has 5 rings (SSSR count). The Morgan fingerprint density at radius 3 is 2.10 bits per heavy atom. The lowest BCUT2D eigenvalue weighted by Gasteiger charge is -2.38. The van der Waals surface area contributed by atoms with Gasteiger partial charge >= 0.3 is 12.1 Å². The highest BCUT2D eigenvalue weighted by molar-refractivity contribution is 5.89. The predicted molar refractivity (Wildman–Crippen MR) is 232 cm³/mol. The molecule has 0 saturated carbocycles. The number of nitrogens with one attached hydrogen (secondary N) is 3. The summed E-state index contributed by atoms with van der Waals surface area (Å²) in [5.74, 6) is -0.820. The van der Waals surface area contributed by atoms with E-state index in [2.05, 4.69) is 25.9 Å². The third-order valence-corrected chi connectivity index (χ3v) is 10.8. The van der Waals surface area contributed by atoms with Gasteiger partial charge in [0.1, 0.15) is 12.1 Å². The molecule has 5 unspecified atom stereocenters. The van der Waals surface area contributed by atoms with Crippen molar-refractivity contribution in [2.45, 2.75) is 105 Å². The Morgan fingerprint density at radius 2 is 1.48 bits per heavy atom. The monoisotopic (exact) mass is 819 g/mol. The van der Waals surface area contributed by atoms with E-state index in [-0.39, 0.29) is 24.8 Å². The van der Waals surface area contributed by atoms with Crippen LogP contribution in [0.3, 0.4) is 0 Å². The van der Waals surface area contributed by atoms with Gasteiger partial charge in [-0.1, -0.05) is 108 Å². The number of aliphatic hydroxyl groups is 1. The molecule has 13 nitrogen and oxygen atoms in total. The van der Waals surface area contributed by atoms with Gasteiger partial charge in [0.05, 0.1) is 31.5 Å². The van der Waals surface area contributed by atoms with E-state index < -0.39 is 53.1 Å². The van der Waals surface area contributed by atoms with Gasteiger partial charge in [-0.3, -0.25) is 19.6 Å². The molecule has 1 aliphatic rings. The SMILES string of the molecule is COC(=O)NC(C(=O)NC(Cc1ccc(-c2cccnc2)cc1)C(O)CC(Cc1ccccc1)NC(=O)C(N1CCN(Cc2cccc(C)n2)C1=O)C(C)(C)C)C(C)(C)C. The first kappa shape index (κ1) is 45.3. The van der Waals surface area contributed by atoms with Crippen LogP contribution in [0.1, 0.15) is 70.5 Å². The first-order valence-corrected chi connectivity index (χ1v) is 20.6. The Hall–Kier alpha value is -5.82. The highest BCUT2D eigenvalue weighted by Crippen LogP contribution is 2.29. The molecule has 5 atom stereocenters. The van der Waals surface area contributed by atoms with E-state index >= 15 is 0 Å². The largest absolute Gasteiger partial charge is 0.453 e. The van der Waals surface area contributed by atoms with Crippen LogP contribution < -0.4 is 16.0 Å². The van der Waals surface area contributed by atoms with Crippen LogP contribution in [0.15, 0.2) is 97.3 Å². The summed E-state index contributed by atoms with van der Waals surface area (Å²) in [5.41, 5.74) is 4.02. The number of ether oxygens (including phenoxy) is 1. The zero-order valence-corrected chi connectivity index (χ0v) is 36.1. The predicted octanol–water partition coefficient (Wildman–Crippen LogP) is 6.08. The van der Waals surface area contributed by atoms with E-state index in [0.29, 0.717) is 26.1 Å². The molecule has 3 heterocycles. The van der Waals surface area contributed by atoms with E-state index in [1.54, 1.807) is 22.2 Å². The molecule has 60 heavy (non-hydrogen) atoms. The van der Waals surface area contributed by atoms with E-state index in [1.165, 1.54) is 7.11 Å². The number of alkyl carbamates (subject to hydrolysis) is 1. The number of hydrogen-bond acceptors (Lipinski definition) is 8. The van der Waals surface area contributed by atoms with Crippen LogP contribution in [0.25, 0.3) is 11.1 Å². The molecule has 13 heteroatoms. The van der Waals surface area contributed by atoms with Gasteiger partial charge in [-0.25, -0.2) is 9.59 Å². The summed E-state index contributed by atoms with van der Waals surface area (Å²) >= 11 is 0. The molecule has 5 amide bonds. The van der Waals surface area contributed by atoms with Gasteiger partial charge in [-0.2, -0.15) is 0 Å². The Morgan fingerprint density at radius 1 is 0.783 bits per heavy atom. The number of aliphatic hydroxyl groups excluding tert-OH is 1. The molecular formula is C47H61N7O6. The van der Waals surface area contributed by atoms with Gasteiger partial charge in [-0.15, -0.1) is 0 Å². The minimum absolute atomic E-state index is 0.0694. The van der Waals surface area contributed by atoms with E-state index in [0.717, 1.165) is 33.6 Å². The molecule has 4 N–H and O–H groups in total. The van der Waals surface area contributed by atoms with Crippen molar-refractivity contribution in [3.05, 3.63) is 120 Å². The van der Waals surface area contributed by atoms with E-state index in [4.69, 9.17) is 4.74 Å². The fraction of sp³-hybridized carbons (Fsp3) is 0.447. The minimum atomic E-state index is -1.15. The quantitative estimate of drug-likeness (QED) is 0.106. The molecule has 1 saturated heterocycles. The second kappa shape index (κ2) is 20.0. The summed E-state index contributed by atoms with van der Waals surface area (Å²) in [6, 6.07) is 23.6. The van der Waals surface area contributed by atoms with Gasteiger partial charge in [0, 0.05) is 37.2 Å². The molecule has 0 radical (unpaired) electrons. The number of hydrogen-bond donors (Lipinski definition) is 4. The first-order valence-electron chi connectivity index (χ1n) is 20.6. The summed E-state index contributed by atoms with van der Waals surface area (Å²) < 4.78 is 4.84. The molecule has 0 spiro atoms. The van der Waals surface area contributed by atoms with Crippen molar-refractivity contribution in [3.63, 3.8) is 0 Å². The smallest absolute Gasteiger partial charge is 0.407 e. The average Bonchev–Trinajstić information content (AvgIpc) is 3.54. The first-order chi connectivity index (χ1) is 28.4. The molecule has 2 aromatic heterocycles. The van der Waals surface area contributed by atoms with Crippen LogP contribution in [0.4, 0.5) is 9.59 Å². The topological polar surface area (TPSA) is 166 Å². The van der Waals surface area contributed by atoms with Crippen LogP contribution >= 0.6 is 0 Å². The number of urea groups is 1. The fourth-order valence-corrected chi connectivity index (χ4v) is 7.72. The third kappa shape index (κ3) is 12.4. The molecule has 2 aromatic carbocycles. The van der Waals surface area contributed by atoms with Gasteiger partial charge in [-0.05, 0) is 77.5 Å². The highest BCUT2D eigenvalue weighted by Gasteiger charge is 2.44. The Labute approximate surface area is 354 Å². The Balaban J connectivity index is 1.42. The number of rotatable bonds is 16. The maximum atomic E-state index is 14.6. The number of carbonyl (C=O) groups is 4. The number of aromatic nitrogens is 2. The van der Waals surface area contributed by atoms with Crippen molar-refractivity contribution in [1.29, 1.82) is 0 Å². The molecule has 1 aliphatic heterocycles. The molecule has 4 aromatic rings. The van der Waals surface area contributed by atoms with Gasteiger partial charge in [0.25, 0.3) is 0 Å². The normalized spacial score (nSPS) is 15.7. The van der Waals surface area contributed by atoms with Crippen molar-refractivity contribution in [2.75, 3.05) is 20.2 Å². The van der Waals surface area contributed by atoms with Crippen molar-refractivity contribution in [2.24, 2.45) is 10.8 Å². The molecule has 320 valence electrons. The van der Waals surface area contributed by atoms with Gasteiger partial charge < -0.3 is 35.6 Å². The van der Waals surface area contributed by atoms with Crippen molar-refractivity contribution >= 4 is 23.9 Å². The molecule has 0 aliphatic carbocycles. The lowest BCUT2D eigenvalue weighted by atomic mass is 9.84. The number of pyridine rings is 2. The van der Waals surface area contributed by atoms with Crippen molar-refractivity contribution in [1.82, 2.24) is 35.7 Å². The number of methoxy groups -OCH3 is 1. The van der Waals surface area contributed by atoms with Crippen LogP contribution in [0.2, 0.25) is 0 Å². The summed E-state index contributed by atoms with van der Waals surface area (Å²) in [7, 11) is 1.23. The second-order valence-corrected chi connectivity index (χ2v) is 17.8. The van der Waals surface area contributed by atoms with E-state index in [9.17, 15) is 24.3 Å². The number of carbonyl (C=O) groups excluding carboxylic acids is 4. The Kier molecular flexibility index (Phi) is 15.1. The van der Waals surface area contributed by atoms with Crippen LogP contribution in [-0.2, 0) is 33.7 Å². The van der Waals surface area contributed by atoms with Crippen LogP contribution in [-0.4, -0.2) is 99.3 Å². The summed E-state index contributed by atoms with van der Waals surface area (Å²) in [6.07, 6.45) is 2.30. The maximum Gasteiger partial charge on any atom is 0.407 e. The Bertz CT molecular complexity index is 2050. The van der Waals surface area contributed by atoms with Crippen LogP contribution in [0, 0.1) is 17.8 Å². The summed E-state index contributed by atoms with van der Waals surface area (Å²) in [6.45, 7) is 14.4. The standard InChI is InChI=1S/C47H61N7O6/c1-31-14-12-18-36(49-31)30-53-24-25-54(45(53)59)41(47(5,6)7)43(57)50-37(26-32-15-10-9-11-16-32)28-39(55)38(51-42(56)40(46(2,3)4)52-44(58)60-8)27-33-19-21-34(22-20-33)35-17-13-23-48-29-35/h9-23,29,37-41,55H,24-28,30H2,1-8H3,(H,50,57)(H,51,56)(H,52,58). The molecule has 0 bridgehead atoms. The third-order valence-electron chi connectivity index (χ3n) is 10.8. The number of aryl methyl sites for hydroxylation is 1. The highest BCUT2D eigenvalue weighted by atomic mass is 16.5. The zero-order chi connectivity index (χ0) is 43.6. The number of benzene rings is 2. The summed E-state index contributed by atoms with van der Waals surface area (Å²) in [4.78, 5) is 67.1. The molecular weight excluding hydrogens is 759 g/mol. The average molecular weight is 820 g/mol. The second-order valence-electron chi connectivity index (χ2n) is 17.8. The zero-order valence-electron chi connectivity index (χ0n) is 36.1. The summed E-state index contributed by atoms with van der Waals surface area (Å²) in [5, 5.41) is 21.2. The lowest BCUT2D eigenvalue weighted by molar-refractivity contribution is -0.130. The van der Waals surface area contributed by atoms with Gasteiger partial charge in [0.2, 0.25) is 11.8 Å². The van der Waals surface area contributed by atoms with Crippen LogP contribution in [0.5, 0.6) is 0 Å². The fourth-order valence-electron chi connectivity index (χ4n) is 7.72. The van der Waals surface area contributed by atoms with Crippen molar-refractivity contribution in [3.8, 4) is 11.1 Å².